The van der Waals surface area contributed by atoms with Crippen molar-refractivity contribution in [1.29, 1.82) is 0 Å². The van der Waals surface area contributed by atoms with Crippen LogP contribution in [0.4, 0.5) is 4.79 Å². The zero-order valence-corrected chi connectivity index (χ0v) is 34.2. The van der Waals surface area contributed by atoms with Crippen molar-refractivity contribution in [2.75, 3.05) is 25.4 Å². The number of ketones is 1. The second-order valence-electron chi connectivity index (χ2n) is 17.5. The number of nitrogens with one attached hydrogen (secondary N) is 4. The van der Waals surface area contributed by atoms with E-state index in [4.69, 9.17) is 0 Å². The van der Waals surface area contributed by atoms with E-state index in [1.807, 2.05) is 52.0 Å². The normalized spacial score (nSPS) is 23.5. The molecule has 1 aromatic rings. The number of hydrogen-bond acceptors (Lipinski definition) is 7. The molecule has 3 fully saturated rings. The number of amides is 5. The first-order valence-electron chi connectivity index (χ1n) is 19.9. The van der Waals surface area contributed by atoms with Crippen LogP contribution < -0.4 is 21.3 Å². The second-order valence-corrected chi connectivity index (χ2v) is 19.8. The Labute approximate surface area is 321 Å². The number of sulfonamides is 1. The predicted molar refractivity (Wildman–Crippen MR) is 207 cm³/mol. The van der Waals surface area contributed by atoms with E-state index in [1.54, 1.807) is 18.7 Å². The van der Waals surface area contributed by atoms with Gasteiger partial charge in [0.2, 0.25) is 27.6 Å². The molecule has 5 rings (SSSR count). The Bertz CT molecular complexity index is 1680. The smallest absolute Gasteiger partial charge is 0.315 e. The van der Waals surface area contributed by atoms with Gasteiger partial charge in [0.15, 0.2) is 0 Å². The van der Waals surface area contributed by atoms with E-state index < -0.39 is 63.2 Å². The van der Waals surface area contributed by atoms with Crippen LogP contribution in [0.15, 0.2) is 24.3 Å². The molecule has 54 heavy (non-hydrogen) atoms. The molecule has 5 amide bonds. The lowest BCUT2D eigenvalue weighted by atomic mass is 9.86. The monoisotopic (exact) mass is 770 g/mol. The molecule has 14 heteroatoms. The van der Waals surface area contributed by atoms with Crippen molar-refractivity contribution in [1.82, 2.24) is 30.5 Å². The SMILES string of the molecule is CCCCC(NC(=O)[C@@H]1[C@@H]2[C@H](CN1C(=O)[C@@H](NC(=O)N[C@H](CN(CC)S(=O)(=O)CC)C(C)(C)C)C1Cc3ccccc3C1)C2(C)C)C(=O)C(=O)NC1CC1. The van der Waals surface area contributed by atoms with E-state index in [-0.39, 0.29) is 54.0 Å². The van der Waals surface area contributed by atoms with Crippen LogP contribution in [0.1, 0.15) is 98.6 Å². The van der Waals surface area contributed by atoms with Gasteiger partial charge in [0, 0.05) is 31.7 Å². The lowest BCUT2D eigenvalue weighted by molar-refractivity contribution is -0.144. The van der Waals surface area contributed by atoms with Crippen LogP contribution in [-0.2, 0) is 42.0 Å². The molecule has 6 atom stereocenters. The van der Waals surface area contributed by atoms with Gasteiger partial charge in [-0.1, -0.05) is 85.6 Å². The third-order valence-corrected chi connectivity index (χ3v) is 14.3. The summed E-state index contributed by atoms with van der Waals surface area (Å²) in [5.41, 5.74) is 1.46. The van der Waals surface area contributed by atoms with Gasteiger partial charge in [0.05, 0.1) is 11.8 Å². The molecule has 4 aliphatic rings. The molecule has 0 aromatic heterocycles. The molecule has 1 saturated heterocycles. The van der Waals surface area contributed by atoms with Crippen LogP contribution in [0.3, 0.4) is 0 Å². The number of likely N-dealkylation sites (tertiary alicyclic amines) is 1. The Balaban J connectivity index is 1.40. The number of piperidine rings is 1. The quantitative estimate of drug-likeness (QED) is 0.176. The standard InChI is InChI=1S/C40H62N6O7S/c1-9-12-17-29(34(47)36(49)41-27-18-19-27)42-35(48)33-31-28(40(31,7)8)22-46(33)37(50)32(26-20-24-15-13-14-16-25(24)21-26)44-38(51)43-30(39(4,5)6)23-45(10-2)54(52,53)11-3/h13-16,26-33H,9-12,17-23H2,1-8H3,(H,41,49)(H,42,48)(H2,43,44,51)/t28-,29?,30+,31-,32-,33-/m0/s1. The van der Waals surface area contributed by atoms with Crippen LogP contribution in [0.2, 0.25) is 0 Å². The maximum atomic E-state index is 14.9. The van der Waals surface area contributed by atoms with Crippen LogP contribution in [0.25, 0.3) is 0 Å². The average Bonchev–Trinajstić information content (AvgIpc) is 3.87. The van der Waals surface area contributed by atoms with Gasteiger partial charge in [0.1, 0.15) is 12.1 Å². The van der Waals surface area contributed by atoms with Crippen molar-refractivity contribution < 1.29 is 32.4 Å². The van der Waals surface area contributed by atoms with Gasteiger partial charge in [-0.3, -0.25) is 19.2 Å². The molecule has 1 aliphatic heterocycles. The molecular formula is C40H62N6O7S. The van der Waals surface area contributed by atoms with Crippen molar-refractivity contribution in [3.05, 3.63) is 35.4 Å². The number of fused-ring (bicyclic) bond motifs is 2. The number of unbranched alkanes of at least 4 members (excludes halogenated alkanes) is 1. The highest BCUT2D eigenvalue weighted by molar-refractivity contribution is 7.89. The number of Topliss-reactive ketones (excluding diaryl/α,β-unsaturated/α-hetero) is 1. The second kappa shape index (κ2) is 16.3. The fourth-order valence-corrected chi connectivity index (χ4v) is 9.62. The minimum atomic E-state index is -3.53. The van der Waals surface area contributed by atoms with Gasteiger partial charge in [-0.2, -0.15) is 0 Å². The molecule has 1 heterocycles. The number of nitrogens with zero attached hydrogens (tertiary/aromatic N) is 2. The van der Waals surface area contributed by atoms with Crippen molar-refractivity contribution in [2.45, 2.75) is 131 Å². The zero-order chi connectivity index (χ0) is 39.7. The number of rotatable bonds is 17. The third kappa shape index (κ3) is 9.12. The maximum Gasteiger partial charge on any atom is 0.315 e. The topological polar surface area (TPSA) is 174 Å². The zero-order valence-electron chi connectivity index (χ0n) is 33.4. The largest absolute Gasteiger partial charge is 0.347 e. The lowest BCUT2D eigenvalue weighted by Crippen LogP contribution is -2.62. The van der Waals surface area contributed by atoms with Crippen LogP contribution in [0, 0.1) is 28.6 Å². The number of carbonyl (C=O) groups is 5. The third-order valence-electron chi connectivity index (χ3n) is 12.3. The van der Waals surface area contributed by atoms with Gasteiger partial charge in [-0.25, -0.2) is 17.5 Å². The first-order chi connectivity index (χ1) is 25.3. The summed E-state index contributed by atoms with van der Waals surface area (Å²) in [6.45, 7) is 15.9. The van der Waals surface area contributed by atoms with Crippen LogP contribution >= 0.6 is 0 Å². The van der Waals surface area contributed by atoms with Gasteiger partial charge in [0.25, 0.3) is 5.91 Å². The number of urea groups is 1. The van der Waals surface area contributed by atoms with Gasteiger partial charge in [-0.15, -0.1) is 0 Å². The van der Waals surface area contributed by atoms with E-state index in [0.717, 1.165) is 30.4 Å². The van der Waals surface area contributed by atoms with Crippen LogP contribution in [-0.4, -0.2) is 103 Å². The molecule has 2 saturated carbocycles. The molecule has 4 N–H and O–H groups in total. The van der Waals surface area contributed by atoms with E-state index in [9.17, 15) is 32.4 Å². The maximum absolute atomic E-state index is 14.9. The Morgan fingerprint density at radius 3 is 2.13 bits per heavy atom. The summed E-state index contributed by atoms with van der Waals surface area (Å²) in [4.78, 5) is 70.9. The Morgan fingerprint density at radius 2 is 1.59 bits per heavy atom. The van der Waals surface area contributed by atoms with E-state index >= 15 is 0 Å². The number of carbonyl (C=O) groups excluding carboxylic acids is 5. The first-order valence-corrected chi connectivity index (χ1v) is 21.5. The molecule has 1 aromatic carbocycles. The molecule has 300 valence electrons. The molecule has 3 aliphatic carbocycles. The first kappa shape index (κ1) is 41.6. The summed E-state index contributed by atoms with van der Waals surface area (Å²) in [5, 5.41) is 11.7. The van der Waals surface area contributed by atoms with E-state index in [2.05, 4.69) is 35.1 Å². The Morgan fingerprint density at radius 1 is 0.963 bits per heavy atom. The highest BCUT2D eigenvalue weighted by atomic mass is 32.2. The van der Waals surface area contributed by atoms with Crippen molar-refractivity contribution >= 4 is 39.6 Å². The van der Waals surface area contributed by atoms with Gasteiger partial charge < -0.3 is 26.2 Å². The number of hydrogen-bond donors (Lipinski definition) is 4. The fraction of sp³-hybridized carbons (Fsp3) is 0.725. The molecule has 13 nitrogen and oxygen atoms in total. The minimum Gasteiger partial charge on any atom is -0.347 e. The molecule has 0 spiro atoms. The highest BCUT2D eigenvalue weighted by Crippen LogP contribution is 2.65. The summed E-state index contributed by atoms with van der Waals surface area (Å²) in [6.07, 6.45) is 4.49. The molecular weight excluding hydrogens is 709 g/mol. The Kier molecular flexibility index (Phi) is 12.6. The number of benzene rings is 1. The summed E-state index contributed by atoms with van der Waals surface area (Å²) in [7, 11) is -3.53. The summed E-state index contributed by atoms with van der Waals surface area (Å²) < 4.78 is 27.1. The molecule has 0 radical (unpaired) electrons. The lowest BCUT2D eigenvalue weighted by Gasteiger charge is -2.37. The predicted octanol–water partition coefficient (Wildman–Crippen LogP) is 3.16. The summed E-state index contributed by atoms with van der Waals surface area (Å²) in [5.74, 6) is -2.64. The van der Waals surface area contributed by atoms with Gasteiger partial charge in [-0.05, 0) is 78.7 Å². The average molecular weight is 771 g/mol. The summed E-state index contributed by atoms with van der Waals surface area (Å²) in [6, 6.07) is 3.91. The number of likely N-dealkylation sites (N-methyl/N-ethyl adjacent to an activating group) is 1. The van der Waals surface area contributed by atoms with Crippen molar-refractivity contribution in [2.24, 2.45) is 28.6 Å². The van der Waals surface area contributed by atoms with E-state index in [1.165, 1.54) is 4.31 Å². The van der Waals surface area contributed by atoms with Gasteiger partial charge >= 0.3 is 6.03 Å². The highest BCUT2D eigenvalue weighted by Gasteiger charge is 2.70. The molecule has 1 unspecified atom stereocenters. The minimum absolute atomic E-state index is 0.00283. The fourth-order valence-electron chi connectivity index (χ4n) is 8.48. The molecule has 0 bridgehead atoms. The van der Waals surface area contributed by atoms with Crippen LogP contribution in [0.5, 0.6) is 0 Å². The summed E-state index contributed by atoms with van der Waals surface area (Å²) >= 11 is 0. The van der Waals surface area contributed by atoms with E-state index in [0.29, 0.717) is 32.2 Å². The Hall–Kier alpha value is -3.52. The van der Waals surface area contributed by atoms with Crippen molar-refractivity contribution in [3.8, 4) is 0 Å². The van der Waals surface area contributed by atoms with Crippen molar-refractivity contribution in [3.63, 3.8) is 0 Å².